The quantitative estimate of drug-likeness (QED) is 0.761. The molecular weight excluding hydrogens is 342 g/mol. The van der Waals surface area contributed by atoms with Gasteiger partial charge in [0, 0.05) is 19.2 Å². The summed E-state index contributed by atoms with van der Waals surface area (Å²) in [4.78, 5) is 14.5. The molecule has 136 valence electrons. The molecule has 0 bridgehead atoms. The zero-order valence-corrected chi connectivity index (χ0v) is 14.9. The third-order valence-electron chi connectivity index (χ3n) is 4.48. The molecule has 0 fully saturated rings. The number of benzene rings is 3. The Labute approximate surface area is 157 Å². The van der Waals surface area contributed by atoms with E-state index in [9.17, 15) is 9.90 Å². The minimum Gasteiger partial charge on any atom is -0.508 e. The topological polar surface area (TPSA) is 59.0 Å². The maximum absolute atomic E-state index is 12.8. The molecule has 27 heavy (non-hydrogen) atoms. The van der Waals surface area contributed by atoms with Crippen molar-refractivity contribution in [3.8, 4) is 28.4 Å². The number of nitrogens with zero attached hydrogens (tertiary/aromatic N) is 1. The zero-order chi connectivity index (χ0) is 18.8. The molecule has 1 N–H and O–H groups in total. The van der Waals surface area contributed by atoms with Gasteiger partial charge >= 0.3 is 0 Å². The molecule has 4 rings (SSSR count). The Bertz CT molecular complexity index is 985. The van der Waals surface area contributed by atoms with Gasteiger partial charge in [0.15, 0.2) is 11.5 Å². The Morgan fingerprint density at radius 2 is 1.74 bits per heavy atom. The standard InChI is InChI=1S/C22H19NO4/c1-23(13-15-5-3-2-4-6-15)22(25)18-9-17(10-19(24)11-18)16-7-8-20-21(12-16)27-14-26-20/h2-12,24H,13-14H2,1H3. The van der Waals surface area contributed by atoms with Crippen molar-refractivity contribution in [2.45, 2.75) is 6.54 Å². The van der Waals surface area contributed by atoms with E-state index in [-0.39, 0.29) is 18.4 Å². The van der Waals surface area contributed by atoms with Gasteiger partial charge in [0.25, 0.3) is 5.91 Å². The second kappa shape index (κ2) is 7.03. The van der Waals surface area contributed by atoms with E-state index < -0.39 is 0 Å². The second-order valence-corrected chi connectivity index (χ2v) is 6.48. The van der Waals surface area contributed by atoms with Crippen molar-refractivity contribution < 1.29 is 19.4 Å². The van der Waals surface area contributed by atoms with Gasteiger partial charge in [0.1, 0.15) is 5.75 Å². The lowest BCUT2D eigenvalue weighted by Crippen LogP contribution is -2.26. The van der Waals surface area contributed by atoms with Gasteiger partial charge in [-0.1, -0.05) is 36.4 Å². The highest BCUT2D eigenvalue weighted by molar-refractivity contribution is 5.96. The number of amides is 1. The van der Waals surface area contributed by atoms with E-state index >= 15 is 0 Å². The SMILES string of the molecule is CN(Cc1ccccc1)C(=O)c1cc(O)cc(-c2ccc3c(c2)OCO3)c1. The fourth-order valence-corrected chi connectivity index (χ4v) is 3.13. The van der Waals surface area contributed by atoms with Crippen molar-refractivity contribution in [2.24, 2.45) is 0 Å². The first kappa shape index (κ1) is 17.0. The van der Waals surface area contributed by atoms with Gasteiger partial charge in [-0.2, -0.15) is 0 Å². The van der Waals surface area contributed by atoms with Crippen LogP contribution in [0.15, 0.2) is 66.7 Å². The van der Waals surface area contributed by atoms with Crippen molar-refractivity contribution in [3.63, 3.8) is 0 Å². The summed E-state index contributed by atoms with van der Waals surface area (Å²) in [6, 6.07) is 20.2. The number of rotatable bonds is 4. The number of ether oxygens (including phenoxy) is 2. The average Bonchev–Trinajstić information content (AvgIpc) is 3.15. The third kappa shape index (κ3) is 3.58. The van der Waals surface area contributed by atoms with Crippen molar-refractivity contribution >= 4 is 5.91 Å². The van der Waals surface area contributed by atoms with Crippen LogP contribution in [0.3, 0.4) is 0 Å². The summed E-state index contributed by atoms with van der Waals surface area (Å²) >= 11 is 0. The summed E-state index contributed by atoms with van der Waals surface area (Å²) in [7, 11) is 1.75. The smallest absolute Gasteiger partial charge is 0.254 e. The number of hydrogen-bond donors (Lipinski definition) is 1. The number of hydrogen-bond acceptors (Lipinski definition) is 4. The van der Waals surface area contributed by atoms with Crippen molar-refractivity contribution in [1.29, 1.82) is 0 Å². The van der Waals surface area contributed by atoms with Gasteiger partial charge in [-0.05, 0) is 47.0 Å². The van der Waals surface area contributed by atoms with E-state index in [0.717, 1.165) is 16.7 Å². The van der Waals surface area contributed by atoms with E-state index in [4.69, 9.17) is 9.47 Å². The molecule has 0 saturated carbocycles. The Balaban J connectivity index is 1.61. The number of aromatic hydroxyl groups is 1. The van der Waals surface area contributed by atoms with Gasteiger partial charge in [-0.3, -0.25) is 4.79 Å². The van der Waals surface area contributed by atoms with Gasteiger partial charge < -0.3 is 19.5 Å². The van der Waals surface area contributed by atoms with Crippen LogP contribution in [-0.4, -0.2) is 29.8 Å². The molecule has 0 aromatic heterocycles. The van der Waals surface area contributed by atoms with Crippen LogP contribution in [0.1, 0.15) is 15.9 Å². The molecule has 3 aromatic rings. The zero-order valence-electron chi connectivity index (χ0n) is 14.9. The van der Waals surface area contributed by atoms with Gasteiger partial charge in [-0.25, -0.2) is 0 Å². The molecule has 1 aliphatic heterocycles. The van der Waals surface area contributed by atoms with Gasteiger partial charge in [0.05, 0.1) is 0 Å². The van der Waals surface area contributed by atoms with Crippen molar-refractivity contribution in [2.75, 3.05) is 13.8 Å². The van der Waals surface area contributed by atoms with Crippen molar-refractivity contribution in [1.82, 2.24) is 4.90 Å². The predicted octanol–water partition coefficient (Wildman–Crippen LogP) is 4.06. The molecule has 1 amide bonds. The lowest BCUT2D eigenvalue weighted by Gasteiger charge is -2.18. The van der Waals surface area contributed by atoms with Crippen LogP contribution >= 0.6 is 0 Å². The molecule has 0 aliphatic carbocycles. The molecule has 5 heteroatoms. The maximum atomic E-state index is 12.8. The Kier molecular flexibility index (Phi) is 4.42. The van der Waals surface area contributed by atoms with E-state index in [1.807, 2.05) is 48.5 Å². The fraction of sp³-hybridized carbons (Fsp3) is 0.136. The average molecular weight is 361 g/mol. The molecule has 0 atom stereocenters. The van der Waals surface area contributed by atoms with Crippen molar-refractivity contribution in [3.05, 3.63) is 77.9 Å². The van der Waals surface area contributed by atoms with Crippen LogP contribution in [0.5, 0.6) is 17.2 Å². The molecular formula is C22H19NO4. The highest BCUT2D eigenvalue weighted by Crippen LogP contribution is 2.37. The first-order chi connectivity index (χ1) is 13.1. The van der Waals surface area contributed by atoms with Crippen LogP contribution in [0.25, 0.3) is 11.1 Å². The van der Waals surface area contributed by atoms with Crippen LogP contribution in [0, 0.1) is 0 Å². The summed E-state index contributed by atoms with van der Waals surface area (Å²) in [5, 5.41) is 10.1. The van der Waals surface area contributed by atoms with Gasteiger partial charge in [-0.15, -0.1) is 0 Å². The second-order valence-electron chi connectivity index (χ2n) is 6.48. The van der Waals surface area contributed by atoms with E-state index in [1.165, 1.54) is 6.07 Å². The number of phenolic OH excluding ortho intramolecular Hbond substituents is 1. The predicted molar refractivity (Wildman–Crippen MR) is 102 cm³/mol. The molecule has 1 aliphatic rings. The molecule has 5 nitrogen and oxygen atoms in total. The van der Waals surface area contributed by atoms with Crippen LogP contribution in [-0.2, 0) is 6.54 Å². The number of phenols is 1. The molecule has 0 radical (unpaired) electrons. The molecule has 0 unspecified atom stereocenters. The third-order valence-corrected chi connectivity index (χ3v) is 4.48. The minimum absolute atomic E-state index is 0.0432. The van der Waals surface area contributed by atoms with E-state index in [0.29, 0.717) is 23.6 Å². The lowest BCUT2D eigenvalue weighted by molar-refractivity contribution is 0.0784. The summed E-state index contributed by atoms with van der Waals surface area (Å²) in [5.74, 6) is 1.24. The maximum Gasteiger partial charge on any atom is 0.254 e. The normalized spacial score (nSPS) is 12.0. The first-order valence-electron chi connectivity index (χ1n) is 8.63. The summed E-state index contributed by atoms with van der Waals surface area (Å²) in [5.41, 5.74) is 3.06. The van der Waals surface area contributed by atoms with Crippen LogP contribution < -0.4 is 9.47 Å². The summed E-state index contributed by atoms with van der Waals surface area (Å²) in [6.45, 7) is 0.696. The fourth-order valence-electron chi connectivity index (χ4n) is 3.13. The highest BCUT2D eigenvalue weighted by atomic mass is 16.7. The van der Waals surface area contributed by atoms with E-state index in [2.05, 4.69) is 0 Å². The molecule has 0 saturated heterocycles. The van der Waals surface area contributed by atoms with Crippen LogP contribution in [0.2, 0.25) is 0 Å². The number of fused-ring (bicyclic) bond motifs is 1. The lowest BCUT2D eigenvalue weighted by atomic mass is 10.0. The van der Waals surface area contributed by atoms with Crippen LogP contribution in [0.4, 0.5) is 0 Å². The Hall–Kier alpha value is -3.47. The monoisotopic (exact) mass is 361 g/mol. The van der Waals surface area contributed by atoms with Gasteiger partial charge in [0.2, 0.25) is 6.79 Å². The largest absolute Gasteiger partial charge is 0.508 e. The summed E-state index contributed by atoms with van der Waals surface area (Å²) < 4.78 is 10.7. The Morgan fingerprint density at radius 3 is 2.56 bits per heavy atom. The highest BCUT2D eigenvalue weighted by Gasteiger charge is 2.17. The summed E-state index contributed by atoms with van der Waals surface area (Å²) in [6.07, 6.45) is 0. The van der Waals surface area contributed by atoms with E-state index in [1.54, 1.807) is 24.1 Å². The number of carbonyl (C=O) groups is 1. The number of carbonyl (C=O) groups excluding carboxylic acids is 1. The minimum atomic E-state index is -0.156. The first-order valence-corrected chi connectivity index (χ1v) is 8.63. The molecule has 1 heterocycles. The molecule has 3 aromatic carbocycles. The Morgan fingerprint density at radius 1 is 0.963 bits per heavy atom. The molecule has 0 spiro atoms.